The van der Waals surface area contributed by atoms with Gasteiger partial charge >= 0.3 is 5.97 Å². The summed E-state index contributed by atoms with van der Waals surface area (Å²) in [5.41, 5.74) is 11.9. The fourth-order valence-electron chi connectivity index (χ4n) is 10.2. The third-order valence-electron chi connectivity index (χ3n) is 15.4. The molecule has 1 fully saturated rings. The number of likely N-dealkylation sites (N-methyl/N-ethyl adjacent to an activating group) is 1. The van der Waals surface area contributed by atoms with Gasteiger partial charge in [-0.2, -0.15) is 5.10 Å². The van der Waals surface area contributed by atoms with Gasteiger partial charge in [0.1, 0.15) is 60.0 Å². The van der Waals surface area contributed by atoms with Gasteiger partial charge in [-0.3, -0.25) is 47.9 Å². The number of ether oxygens (including phenoxy) is 1. The van der Waals surface area contributed by atoms with Gasteiger partial charge in [0.15, 0.2) is 17.3 Å². The third-order valence-corrected chi connectivity index (χ3v) is 15.4. The molecule has 10 amide bonds. The van der Waals surface area contributed by atoms with Crippen molar-refractivity contribution in [2.75, 3.05) is 26.8 Å². The van der Waals surface area contributed by atoms with Gasteiger partial charge in [-0.1, -0.05) is 106 Å². The van der Waals surface area contributed by atoms with E-state index in [9.17, 15) is 74.1 Å². The van der Waals surface area contributed by atoms with Gasteiger partial charge in [0.2, 0.25) is 35.4 Å². The van der Waals surface area contributed by atoms with Crippen molar-refractivity contribution in [1.29, 1.82) is 0 Å². The molecule has 1 saturated heterocycles. The SMILES string of the molecule is CCCC=Cc1ccccc1[C@H](CC(=O)N[C@@H]1C(=O)N(C)C(=Cc2ccc(O)cc2)C(=O)N[C@@H](CC(C)C)C(=O)N[C@H](Cc2ccccc2)C(=O)N[C@@H]([C@H](C)O)C(=O)N[C@@H](CC(N)=O)C(=O)N[C@@H](CO)C(=O)O[C@@H]1C)[C@@]1(N)C(=O)NN=C1C(=O)NC[C@@H](O)[C@H](O)[C@H](O)CO. The molecule has 13 atom stereocenters. The van der Waals surface area contributed by atoms with E-state index < -0.39 is 187 Å². The number of benzene rings is 3. The number of hydrogen-bond donors (Lipinski definition) is 17. The second kappa shape index (κ2) is 35.0. The predicted octanol–water partition coefficient (Wildman–Crippen LogP) is -4.06. The lowest BCUT2D eigenvalue weighted by Crippen LogP contribution is -2.63. The smallest absolute Gasteiger partial charge is 0.331 e. The number of nitrogens with two attached hydrogens (primary N) is 2. The fraction of sp³-hybridized carbons (Fsp3) is 0.460. The Morgan fingerprint density at radius 1 is 0.787 bits per heavy atom. The quantitative estimate of drug-likeness (QED) is 0.0317. The van der Waals surface area contributed by atoms with Crippen molar-refractivity contribution in [3.63, 3.8) is 0 Å². The van der Waals surface area contributed by atoms with Crippen molar-refractivity contribution in [3.05, 3.63) is 113 Å². The number of primary amides is 1. The van der Waals surface area contributed by atoms with Gasteiger partial charge in [-0.25, -0.2) is 10.2 Å². The standard InChI is InChI=1S/C63H84N12O19/c1-7-8-10-17-37-18-13-14-19-39(37)40(63(65)53(73-74-62(63)93)59(90)66-29-46(80)52(84)47(81)31-77)27-49(83)71-51-34(5)94-61(92)44(30-76)70-55(86)43(28-48(64)82)69-58(89)50(33(4)78)72-56(87)42(25-35-15-11-9-12-16-35)67-54(85)41(24-32(2)3)68-57(88)45(75(6)60(51)91)26-36-20-22-38(79)23-21-36/h9-23,26,32-34,40-44,46-47,50-52,76-81,84H,7-8,24-25,27-31,65H2,1-6H3,(H2,64,82)(H,66,90)(H,67,85)(H,68,88)(H,69,89)(H,70,86)(H,71,83)(H,72,87)(H,74,93)/t33-,34+,40-,41-,42+,43-,44-,46+,47+,50-,51-,52-,63-/m0/s1. The number of phenols is 1. The molecule has 2 heterocycles. The van der Waals surface area contributed by atoms with E-state index in [2.05, 4.69) is 47.7 Å². The van der Waals surface area contributed by atoms with Crippen molar-refractivity contribution in [2.45, 2.75) is 151 Å². The number of esters is 1. The molecule has 0 saturated carbocycles. The Balaban J connectivity index is 1.71. The number of unbranched alkanes of at least 4 members (excludes halogenated alkanes) is 1. The van der Waals surface area contributed by atoms with Crippen LogP contribution in [0.1, 0.15) is 94.9 Å². The van der Waals surface area contributed by atoms with Crippen LogP contribution in [0.3, 0.4) is 0 Å². The number of nitrogens with zero attached hydrogens (tertiary/aromatic N) is 2. The monoisotopic (exact) mass is 1310 g/mol. The van der Waals surface area contributed by atoms with Crippen LogP contribution in [0.4, 0.5) is 0 Å². The molecule has 3 aromatic rings. The van der Waals surface area contributed by atoms with Gasteiger partial charge in [0, 0.05) is 32.4 Å². The lowest BCUT2D eigenvalue weighted by Gasteiger charge is -2.34. The normalized spacial score (nSPS) is 24.4. The summed E-state index contributed by atoms with van der Waals surface area (Å²) in [6, 6.07) is 8.36. The van der Waals surface area contributed by atoms with Gasteiger partial charge in [-0.15, -0.1) is 0 Å². The number of amides is 10. The second-order valence-corrected chi connectivity index (χ2v) is 23.2. The Kier molecular flexibility index (Phi) is 28.0. The summed E-state index contributed by atoms with van der Waals surface area (Å²) in [4.78, 5) is 159. The molecule has 0 aromatic heterocycles. The molecule has 94 heavy (non-hydrogen) atoms. The van der Waals surface area contributed by atoms with Crippen molar-refractivity contribution in [2.24, 2.45) is 22.5 Å². The lowest BCUT2D eigenvalue weighted by atomic mass is 9.72. The Hall–Kier alpha value is -9.50. The Labute approximate surface area is 541 Å². The first kappa shape index (κ1) is 75.2. The number of cyclic esters (lactones) is 1. The van der Waals surface area contributed by atoms with Crippen LogP contribution < -0.4 is 54.1 Å². The summed E-state index contributed by atoms with van der Waals surface area (Å²) in [5.74, 6) is -15.6. The molecule has 2 aliphatic rings. The number of aromatic hydroxyl groups is 1. The van der Waals surface area contributed by atoms with Crippen LogP contribution in [0.2, 0.25) is 0 Å². The van der Waals surface area contributed by atoms with E-state index in [0.29, 0.717) is 24.0 Å². The molecule has 0 bridgehead atoms. The maximum Gasteiger partial charge on any atom is 0.331 e. The highest BCUT2D eigenvalue weighted by Crippen LogP contribution is 2.37. The van der Waals surface area contributed by atoms with Crippen LogP contribution in [0.25, 0.3) is 12.2 Å². The molecule has 3 aromatic carbocycles. The molecule has 31 heteroatoms. The minimum absolute atomic E-state index is 0.131. The van der Waals surface area contributed by atoms with E-state index >= 15 is 14.4 Å². The van der Waals surface area contributed by atoms with Crippen molar-refractivity contribution >= 4 is 82.9 Å². The molecule has 31 nitrogen and oxygen atoms in total. The number of phenolic OH excluding ortho intramolecular Hbond substituents is 1. The van der Waals surface area contributed by atoms with E-state index in [0.717, 1.165) is 31.9 Å². The number of carbonyl (C=O) groups is 11. The zero-order valence-electron chi connectivity index (χ0n) is 52.7. The maximum absolute atomic E-state index is 15.6. The number of rotatable bonds is 23. The lowest BCUT2D eigenvalue weighted by molar-refractivity contribution is -0.158. The van der Waals surface area contributed by atoms with Crippen LogP contribution in [0, 0.1) is 5.92 Å². The Morgan fingerprint density at radius 3 is 2.02 bits per heavy atom. The van der Waals surface area contributed by atoms with E-state index in [1.807, 2.05) is 6.92 Å². The molecule has 2 aliphatic heterocycles. The molecular weight excluding hydrogens is 1230 g/mol. The second-order valence-electron chi connectivity index (χ2n) is 23.2. The molecule has 5 rings (SSSR count). The number of hydrogen-bond acceptors (Lipinski definition) is 21. The predicted molar refractivity (Wildman–Crippen MR) is 337 cm³/mol. The number of aliphatic hydroxyl groups is 6. The molecule has 0 unspecified atom stereocenters. The minimum Gasteiger partial charge on any atom is -0.508 e. The average Bonchev–Trinajstić information content (AvgIpc) is 1.58. The number of carbonyl (C=O) groups excluding carboxylic acids is 11. The fourth-order valence-corrected chi connectivity index (χ4v) is 10.2. The first-order chi connectivity index (χ1) is 44.4. The molecule has 19 N–H and O–H groups in total. The van der Waals surface area contributed by atoms with Crippen molar-refractivity contribution < 1.29 is 93.2 Å². The summed E-state index contributed by atoms with van der Waals surface area (Å²) in [7, 11) is 1.07. The first-order valence-corrected chi connectivity index (χ1v) is 30.2. The topological polar surface area (TPSA) is 502 Å². The molecule has 0 spiro atoms. The van der Waals surface area contributed by atoms with E-state index in [4.69, 9.17) is 16.2 Å². The van der Waals surface area contributed by atoms with Crippen LogP contribution in [-0.4, -0.2) is 211 Å². The van der Waals surface area contributed by atoms with Gasteiger partial charge in [0.25, 0.3) is 23.6 Å². The number of hydrazone groups is 1. The van der Waals surface area contributed by atoms with E-state index in [1.54, 1.807) is 68.5 Å². The Bertz CT molecular complexity index is 3310. The summed E-state index contributed by atoms with van der Waals surface area (Å²) in [5, 5.41) is 92.6. The minimum atomic E-state index is -2.63. The largest absolute Gasteiger partial charge is 0.508 e. The van der Waals surface area contributed by atoms with Crippen molar-refractivity contribution in [1.82, 2.24) is 47.5 Å². The van der Waals surface area contributed by atoms with E-state index in [1.165, 1.54) is 36.4 Å². The summed E-state index contributed by atoms with van der Waals surface area (Å²) in [6.07, 6.45) is -5.83. The zero-order valence-corrected chi connectivity index (χ0v) is 52.7. The molecule has 0 radical (unpaired) electrons. The zero-order chi connectivity index (χ0) is 69.7. The maximum atomic E-state index is 15.6. The highest BCUT2D eigenvalue weighted by atomic mass is 16.5. The number of nitrogens with one attached hydrogen (secondary N) is 8. The van der Waals surface area contributed by atoms with Crippen molar-refractivity contribution in [3.8, 4) is 5.75 Å². The van der Waals surface area contributed by atoms with E-state index in [-0.39, 0.29) is 35.6 Å². The number of allylic oxidation sites excluding steroid dienone is 1. The highest BCUT2D eigenvalue weighted by Gasteiger charge is 2.55. The van der Waals surface area contributed by atoms with Crippen LogP contribution in [-0.2, 0) is 63.9 Å². The molecule has 0 aliphatic carbocycles. The summed E-state index contributed by atoms with van der Waals surface area (Å²) < 4.78 is 5.73. The van der Waals surface area contributed by atoms with Gasteiger partial charge < -0.3 is 94.1 Å². The van der Waals surface area contributed by atoms with Gasteiger partial charge in [-0.05, 0) is 73.1 Å². The first-order valence-electron chi connectivity index (χ1n) is 30.2. The highest BCUT2D eigenvalue weighted by molar-refractivity contribution is 6.48. The molecule has 510 valence electrons. The van der Waals surface area contributed by atoms with Gasteiger partial charge in [0.05, 0.1) is 31.8 Å². The molecular formula is C63H84N12O19. The average molecular weight is 1310 g/mol. The summed E-state index contributed by atoms with van der Waals surface area (Å²) in [6.45, 7) is 4.48. The van der Waals surface area contributed by atoms with Crippen LogP contribution >= 0.6 is 0 Å². The third kappa shape index (κ3) is 20.3. The summed E-state index contributed by atoms with van der Waals surface area (Å²) >= 11 is 0. The number of aliphatic hydroxyl groups excluding tert-OH is 6. The Morgan fingerprint density at radius 2 is 1.40 bits per heavy atom. The van der Waals surface area contributed by atoms with Crippen LogP contribution in [0.15, 0.2) is 95.7 Å². The van der Waals surface area contributed by atoms with Crippen LogP contribution in [0.5, 0.6) is 5.75 Å².